The van der Waals surface area contributed by atoms with Crippen LogP contribution in [0, 0.1) is 6.92 Å². The molecule has 1 amide bonds. The van der Waals surface area contributed by atoms with Gasteiger partial charge in [-0.1, -0.05) is 17.7 Å². The summed E-state index contributed by atoms with van der Waals surface area (Å²) in [5, 5.41) is 8.31. The van der Waals surface area contributed by atoms with E-state index in [1.165, 1.54) is 0 Å². The van der Waals surface area contributed by atoms with E-state index in [9.17, 15) is 4.79 Å². The van der Waals surface area contributed by atoms with Gasteiger partial charge < -0.3 is 10.2 Å². The maximum atomic E-state index is 12.8. The Bertz CT molecular complexity index is 701. The number of aromatic nitrogens is 2. The van der Waals surface area contributed by atoms with Gasteiger partial charge in [0.2, 0.25) is 0 Å². The number of halogens is 2. The molecule has 7 heteroatoms. The van der Waals surface area contributed by atoms with Gasteiger partial charge in [-0.2, -0.15) is 5.10 Å². The number of amides is 1. The minimum Gasteiger partial charge on any atom is -0.333 e. The van der Waals surface area contributed by atoms with Gasteiger partial charge in [0.1, 0.15) is 0 Å². The van der Waals surface area contributed by atoms with E-state index < -0.39 is 0 Å². The van der Waals surface area contributed by atoms with Crippen LogP contribution in [0.2, 0.25) is 5.02 Å². The average molecular weight is 355 g/mol. The van der Waals surface area contributed by atoms with Crippen LogP contribution in [0.1, 0.15) is 23.0 Å². The zero-order valence-electron chi connectivity index (χ0n) is 13.1. The Kier molecular flexibility index (Phi) is 5.68. The molecule has 0 spiro atoms. The summed E-state index contributed by atoms with van der Waals surface area (Å²) >= 11 is 6.03. The quantitative estimate of drug-likeness (QED) is 0.901. The van der Waals surface area contributed by atoms with Crippen molar-refractivity contribution in [1.82, 2.24) is 20.0 Å². The molecule has 1 saturated heterocycles. The van der Waals surface area contributed by atoms with Crippen molar-refractivity contribution < 1.29 is 4.79 Å². The van der Waals surface area contributed by atoms with Gasteiger partial charge in [0, 0.05) is 30.7 Å². The lowest BCUT2D eigenvalue weighted by Gasteiger charge is -2.33. The molecule has 2 aromatic rings. The highest BCUT2D eigenvalue weighted by Gasteiger charge is 2.26. The zero-order valence-corrected chi connectivity index (χ0v) is 14.7. The Labute approximate surface area is 147 Å². The molecule has 5 nitrogen and oxygen atoms in total. The highest BCUT2D eigenvalue weighted by Crippen LogP contribution is 2.19. The van der Waals surface area contributed by atoms with E-state index in [0.717, 1.165) is 31.0 Å². The predicted molar refractivity (Wildman–Crippen MR) is 93.9 cm³/mol. The molecule has 1 aromatic carbocycles. The van der Waals surface area contributed by atoms with Crippen molar-refractivity contribution in [3.8, 4) is 5.69 Å². The number of piperazine rings is 1. The monoisotopic (exact) mass is 354 g/mol. The molecule has 0 aliphatic carbocycles. The molecule has 23 heavy (non-hydrogen) atoms. The molecule has 1 fully saturated rings. The number of rotatable bonds is 2. The Morgan fingerprint density at radius 3 is 2.91 bits per heavy atom. The molecular weight excluding hydrogens is 335 g/mol. The number of benzene rings is 1. The van der Waals surface area contributed by atoms with Gasteiger partial charge in [0.25, 0.3) is 5.91 Å². The molecule has 2 heterocycles. The van der Waals surface area contributed by atoms with Crippen LogP contribution in [0.25, 0.3) is 5.69 Å². The summed E-state index contributed by atoms with van der Waals surface area (Å²) in [7, 11) is 0. The number of carbonyl (C=O) groups excluding carboxylic acids is 1. The SMILES string of the molecule is Cc1c(C(=O)N2CCNC[C@@H]2C)cnn1-c1cccc(Cl)c1.Cl. The number of hydrogen-bond donors (Lipinski definition) is 1. The Morgan fingerprint density at radius 1 is 1.43 bits per heavy atom. The Balaban J connectivity index is 0.00000192. The number of carbonyl (C=O) groups is 1. The molecule has 1 aliphatic heterocycles. The molecule has 1 aliphatic rings. The van der Waals surface area contributed by atoms with Crippen molar-refractivity contribution >= 4 is 29.9 Å². The van der Waals surface area contributed by atoms with Crippen LogP contribution in [0.5, 0.6) is 0 Å². The molecule has 0 radical (unpaired) electrons. The molecule has 1 atom stereocenters. The van der Waals surface area contributed by atoms with Crippen molar-refractivity contribution in [3.63, 3.8) is 0 Å². The summed E-state index contributed by atoms with van der Waals surface area (Å²) in [5.74, 6) is 0.0415. The third-order valence-electron chi connectivity index (χ3n) is 4.06. The van der Waals surface area contributed by atoms with E-state index in [0.29, 0.717) is 10.6 Å². The van der Waals surface area contributed by atoms with Crippen molar-refractivity contribution in [1.29, 1.82) is 0 Å². The molecule has 0 saturated carbocycles. The lowest BCUT2D eigenvalue weighted by molar-refractivity contribution is 0.0655. The summed E-state index contributed by atoms with van der Waals surface area (Å²) in [6.45, 7) is 6.35. The lowest BCUT2D eigenvalue weighted by atomic mass is 10.1. The van der Waals surface area contributed by atoms with Gasteiger partial charge in [-0.15, -0.1) is 12.4 Å². The van der Waals surface area contributed by atoms with Crippen molar-refractivity contribution in [2.45, 2.75) is 19.9 Å². The van der Waals surface area contributed by atoms with Crippen LogP contribution in [0.3, 0.4) is 0 Å². The van der Waals surface area contributed by atoms with Crippen LogP contribution < -0.4 is 5.32 Å². The summed E-state index contributed by atoms with van der Waals surface area (Å²) in [6, 6.07) is 7.64. The first-order valence-electron chi connectivity index (χ1n) is 7.40. The molecule has 0 bridgehead atoms. The molecule has 1 N–H and O–H groups in total. The van der Waals surface area contributed by atoms with E-state index in [2.05, 4.69) is 17.3 Å². The van der Waals surface area contributed by atoms with Gasteiger partial charge in [0.05, 0.1) is 23.1 Å². The van der Waals surface area contributed by atoms with Crippen molar-refractivity contribution in [3.05, 3.63) is 46.7 Å². The smallest absolute Gasteiger partial charge is 0.257 e. The number of nitrogens with one attached hydrogen (secondary N) is 1. The van der Waals surface area contributed by atoms with Crippen molar-refractivity contribution in [2.24, 2.45) is 0 Å². The number of nitrogens with zero attached hydrogens (tertiary/aromatic N) is 3. The van der Waals surface area contributed by atoms with E-state index in [-0.39, 0.29) is 24.4 Å². The summed E-state index contributed by atoms with van der Waals surface area (Å²) in [4.78, 5) is 14.7. The second-order valence-corrected chi connectivity index (χ2v) is 6.02. The predicted octanol–water partition coefficient (Wildman–Crippen LogP) is 2.69. The Hall–Kier alpha value is -1.56. The standard InChI is InChI=1S/C16H19ClN4O.ClH/c1-11-9-18-6-7-20(11)16(22)15-10-19-21(12(15)2)14-5-3-4-13(17)8-14;/h3-5,8,10-11,18H,6-7,9H2,1-2H3;1H/t11-;/m0./s1. The maximum absolute atomic E-state index is 12.8. The zero-order chi connectivity index (χ0) is 15.7. The van der Waals surface area contributed by atoms with Gasteiger partial charge in [-0.3, -0.25) is 4.79 Å². The fraction of sp³-hybridized carbons (Fsp3) is 0.375. The van der Waals surface area contributed by atoms with E-state index >= 15 is 0 Å². The first-order chi connectivity index (χ1) is 10.6. The second kappa shape index (κ2) is 7.34. The van der Waals surface area contributed by atoms with Gasteiger partial charge >= 0.3 is 0 Å². The first-order valence-corrected chi connectivity index (χ1v) is 7.78. The fourth-order valence-electron chi connectivity index (χ4n) is 2.79. The van der Waals surface area contributed by atoms with E-state index in [4.69, 9.17) is 11.6 Å². The third-order valence-corrected chi connectivity index (χ3v) is 4.29. The van der Waals surface area contributed by atoms with E-state index in [1.807, 2.05) is 36.1 Å². The van der Waals surface area contributed by atoms with Gasteiger partial charge in [-0.05, 0) is 32.0 Å². The third kappa shape index (κ3) is 3.52. The van der Waals surface area contributed by atoms with Gasteiger partial charge in [0.15, 0.2) is 0 Å². The molecule has 0 unspecified atom stereocenters. The minimum absolute atomic E-state index is 0. The Morgan fingerprint density at radius 2 is 2.22 bits per heavy atom. The molecule has 1 aromatic heterocycles. The fourth-order valence-corrected chi connectivity index (χ4v) is 2.97. The number of hydrogen-bond acceptors (Lipinski definition) is 3. The topological polar surface area (TPSA) is 50.2 Å². The lowest BCUT2D eigenvalue weighted by Crippen LogP contribution is -2.52. The van der Waals surface area contributed by atoms with Crippen LogP contribution in [-0.4, -0.2) is 46.3 Å². The highest BCUT2D eigenvalue weighted by atomic mass is 35.5. The summed E-state index contributed by atoms with van der Waals surface area (Å²) < 4.78 is 1.76. The minimum atomic E-state index is 0. The van der Waals surface area contributed by atoms with Crippen LogP contribution in [0.15, 0.2) is 30.5 Å². The van der Waals surface area contributed by atoms with Gasteiger partial charge in [-0.25, -0.2) is 4.68 Å². The molecular formula is C16H20Cl2N4O. The van der Waals surface area contributed by atoms with E-state index in [1.54, 1.807) is 10.9 Å². The summed E-state index contributed by atoms with van der Waals surface area (Å²) in [5.41, 5.74) is 2.34. The largest absolute Gasteiger partial charge is 0.333 e. The second-order valence-electron chi connectivity index (χ2n) is 5.59. The van der Waals surface area contributed by atoms with Crippen molar-refractivity contribution in [2.75, 3.05) is 19.6 Å². The molecule has 124 valence electrons. The molecule has 3 rings (SSSR count). The highest BCUT2D eigenvalue weighted by molar-refractivity contribution is 6.30. The normalized spacial score (nSPS) is 17.7. The van der Waals surface area contributed by atoms with Crippen LogP contribution >= 0.6 is 24.0 Å². The van der Waals surface area contributed by atoms with Crippen LogP contribution in [0.4, 0.5) is 0 Å². The first kappa shape index (κ1) is 17.8. The summed E-state index contributed by atoms with van der Waals surface area (Å²) in [6.07, 6.45) is 1.65. The average Bonchev–Trinajstić information content (AvgIpc) is 2.89. The maximum Gasteiger partial charge on any atom is 0.257 e. The van der Waals surface area contributed by atoms with Crippen LogP contribution in [-0.2, 0) is 0 Å².